The fraction of sp³-hybridized carbons (Fsp3) is 0.500. The molecule has 0 saturated carbocycles. The SMILES string of the molecule is CCOC(=O)CCN(C(=O)Nc1ccccc1C(F)(F)F)C(C)C. The van der Waals surface area contributed by atoms with E-state index < -0.39 is 23.7 Å². The number of esters is 1. The number of urea groups is 1. The molecule has 24 heavy (non-hydrogen) atoms. The Bertz CT molecular complexity index is 574. The highest BCUT2D eigenvalue weighted by atomic mass is 19.4. The van der Waals surface area contributed by atoms with Gasteiger partial charge in [-0.2, -0.15) is 13.2 Å². The molecule has 2 amide bonds. The van der Waals surface area contributed by atoms with Crippen LogP contribution < -0.4 is 5.32 Å². The van der Waals surface area contributed by atoms with E-state index in [0.29, 0.717) is 0 Å². The number of benzene rings is 1. The molecule has 1 rings (SSSR count). The average molecular weight is 346 g/mol. The van der Waals surface area contributed by atoms with Gasteiger partial charge in [0.15, 0.2) is 0 Å². The lowest BCUT2D eigenvalue weighted by Gasteiger charge is -2.27. The molecular weight excluding hydrogens is 325 g/mol. The zero-order chi connectivity index (χ0) is 18.3. The number of nitrogens with zero attached hydrogens (tertiary/aromatic N) is 1. The van der Waals surface area contributed by atoms with Gasteiger partial charge in [-0.05, 0) is 32.9 Å². The van der Waals surface area contributed by atoms with E-state index in [1.807, 2.05) is 0 Å². The Kier molecular flexibility index (Phi) is 7.06. The van der Waals surface area contributed by atoms with Crippen molar-refractivity contribution in [1.82, 2.24) is 4.90 Å². The van der Waals surface area contributed by atoms with Crippen LogP contribution in [0.4, 0.5) is 23.7 Å². The van der Waals surface area contributed by atoms with Crippen molar-refractivity contribution in [1.29, 1.82) is 0 Å². The summed E-state index contributed by atoms with van der Waals surface area (Å²) in [6, 6.07) is 3.74. The zero-order valence-electron chi connectivity index (χ0n) is 13.8. The van der Waals surface area contributed by atoms with E-state index in [-0.39, 0.29) is 31.3 Å². The normalized spacial score (nSPS) is 11.3. The molecule has 0 heterocycles. The monoisotopic (exact) mass is 346 g/mol. The fourth-order valence-corrected chi connectivity index (χ4v) is 2.07. The van der Waals surface area contributed by atoms with Gasteiger partial charge in [0.2, 0.25) is 0 Å². The lowest BCUT2D eigenvalue weighted by molar-refractivity contribution is -0.143. The van der Waals surface area contributed by atoms with E-state index in [0.717, 1.165) is 6.07 Å². The summed E-state index contributed by atoms with van der Waals surface area (Å²) in [7, 11) is 0. The Labute approximate surface area is 138 Å². The van der Waals surface area contributed by atoms with Crippen LogP contribution >= 0.6 is 0 Å². The molecule has 0 saturated heterocycles. The highest BCUT2D eigenvalue weighted by molar-refractivity contribution is 5.90. The van der Waals surface area contributed by atoms with Gasteiger partial charge < -0.3 is 15.0 Å². The van der Waals surface area contributed by atoms with Crippen LogP contribution in [0.3, 0.4) is 0 Å². The molecule has 0 aliphatic carbocycles. The van der Waals surface area contributed by atoms with Crippen LogP contribution in [0.1, 0.15) is 32.8 Å². The van der Waals surface area contributed by atoms with E-state index in [1.54, 1.807) is 20.8 Å². The third-order valence-corrected chi connectivity index (χ3v) is 3.22. The van der Waals surface area contributed by atoms with E-state index in [2.05, 4.69) is 5.32 Å². The van der Waals surface area contributed by atoms with Crippen LogP contribution in [0, 0.1) is 0 Å². The molecule has 8 heteroatoms. The smallest absolute Gasteiger partial charge is 0.418 e. The number of nitrogens with one attached hydrogen (secondary N) is 1. The molecule has 1 aromatic rings. The number of carbonyl (C=O) groups is 2. The van der Waals surface area contributed by atoms with Crippen molar-refractivity contribution < 1.29 is 27.5 Å². The van der Waals surface area contributed by atoms with Crippen molar-refractivity contribution in [3.63, 3.8) is 0 Å². The first-order valence-electron chi connectivity index (χ1n) is 7.56. The van der Waals surface area contributed by atoms with E-state index >= 15 is 0 Å². The fourth-order valence-electron chi connectivity index (χ4n) is 2.07. The summed E-state index contributed by atoms with van der Waals surface area (Å²) < 4.78 is 43.7. The predicted octanol–water partition coefficient (Wildman–Crippen LogP) is 3.90. The number of alkyl halides is 3. The minimum Gasteiger partial charge on any atom is -0.466 e. The van der Waals surface area contributed by atoms with Crippen LogP contribution in [-0.4, -0.2) is 36.1 Å². The van der Waals surface area contributed by atoms with Gasteiger partial charge >= 0.3 is 18.2 Å². The molecule has 1 N–H and O–H groups in total. The Morgan fingerprint density at radius 2 is 1.88 bits per heavy atom. The molecule has 0 aliphatic heterocycles. The summed E-state index contributed by atoms with van der Waals surface area (Å²) in [6.45, 7) is 5.36. The molecule has 0 spiro atoms. The standard InChI is InChI=1S/C16H21F3N2O3/c1-4-24-14(22)9-10-21(11(2)3)15(23)20-13-8-6-5-7-12(13)16(17,18)19/h5-8,11H,4,9-10H2,1-3H3,(H,20,23). The van der Waals surface area contributed by atoms with Gasteiger partial charge in [-0.15, -0.1) is 0 Å². The van der Waals surface area contributed by atoms with Crippen molar-refractivity contribution in [3.05, 3.63) is 29.8 Å². The first-order valence-corrected chi connectivity index (χ1v) is 7.56. The molecule has 0 fully saturated rings. The number of carbonyl (C=O) groups excluding carboxylic acids is 2. The van der Waals surface area contributed by atoms with Gasteiger partial charge in [-0.25, -0.2) is 4.79 Å². The van der Waals surface area contributed by atoms with Gasteiger partial charge in [0.25, 0.3) is 0 Å². The molecule has 0 aliphatic rings. The lowest BCUT2D eigenvalue weighted by Crippen LogP contribution is -2.41. The molecule has 1 aromatic carbocycles. The van der Waals surface area contributed by atoms with E-state index in [9.17, 15) is 22.8 Å². The summed E-state index contributed by atoms with van der Waals surface area (Å²) in [5.74, 6) is -0.466. The number of rotatable bonds is 6. The van der Waals surface area contributed by atoms with Crippen molar-refractivity contribution in [3.8, 4) is 0 Å². The molecule has 0 unspecified atom stereocenters. The van der Waals surface area contributed by atoms with Gasteiger partial charge in [-0.1, -0.05) is 12.1 Å². The minimum atomic E-state index is -4.57. The Balaban J connectivity index is 2.85. The summed E-state index contributed by atoms with van der Waals surface area (Å²) in [5, 5.41) is 2.27. The topological polar surface area (TPSA) is 58.6 Å². The van der Waals surface area contributed by atoms with Crippen LogP contribution in [0.15, 0.2) is 24.3 Å². The Morgan fingerprint density at radius 3 is 2.42 bits per heavy atom. The summed E-state index contributed by atoms with van der Waals surface area (Å²) >= 11 is 0. The highest BCUT2D eigenvalue weighted by Gasteiger charge is 2.34. The molecule has 5 nitrogen and oxygen atoms in total. The summed E-state index contributed by atoms with van der Waals surface area (Å²) in [4.78, 5) is 25.0. The van der Waals surface area contributed by atoms with Gasteiger partial charge in [-0.3, -0.25) is 4.79 Å². The summed E-state index contributed by atoms with van der Waals surface area (Å²) in [5.41, 5.74) is -1.25. The van der Waals surface area contributed by atoms with Crippen LogP contribution in [-0.2, 0) is 15.7 Å². The number of halogens is 3. The van der Waals surface area contributed by atoms with Gasteiger partial charge in [0.1, 0.15) is 0 Å². The number of hydrogen-bond donors (Lipinski definition) is 1. The molecule has 134 valence electrons. The maximum Gasteiger partial charge on any atom is 0.418 e. The van der Waals surface area contributed by atoms with Gasteiger partial charge in [0.05, 0.1) is 24.3 Å². The lowest BCUT2D eigenvalue weighted by atomic mass is 10.1. The number of anilines is 1. The third-order valence-electron chi connectivity index (χ3n) is 3.22. The Hall–Kier alpha value is -2.25. The molecule has 0 bridgehead atoms. The number of ether oxygens (including phenoxy) is 1. The summed E-state index contributed by atoms with van der Waals surface area (Å²) in [6.07, 6.45) is -4.60. The second kappa shape index (κ2) is 8.56. The average Bonchev–Trinajstić information content (AvgIpc) is 2.46. The Morgan fingerprint density at radius 1 is 1.25 bits per heavy atom. The molecule has 0 aromatic heterocycles. The van der Waals surface area contributed by atoms with Crippen molar-refractivity contribution in [2.75, 3.05) is 18.5 Å². The van der Waals surface area contributed by atoms with Crippen molar-refractivity contribution >= 4 is 17.7 Å². The third kappa shape index (κ3) is 5.75. The molecule has 0 radical (unpaired) electrons. The van der Waals surface area contributed by atoms with Crippen molar-refractivity contribution in [2.45, 2.75) is 39.4 Å². The number of hydrogen-bond acceptors (Lipinski definition) is 3. The maximum atomic E-state index is 13.0. The van der Waals surface area contributed by atoms with Crippen molar-refractivity contribution in [2.24, 2.45) is 0 Å². The molecule has 0 atom stereocenters. The minimum absolute atomic E-state index is 0.0274. The first-order chi connectivity index (χ1) is 11.2. The van der Waals surface area contributed by atoms with Crippen LogP contribution in [0.5, 0.6) is 0 Å². The molecular formula is C16H21F3N2O3. The maximum absolute atomic E-state index is 13.0. The van der Waals surface area contributed by atoms with E-state index in [1.165, 1.54) is 23.1 Å². The first kappa shape index (κ1) is 19.8. The predicted molar refractivity (Wildman–Crippen MR) is 83.6 cm³/mol. The number of para-hydroxylation sites is 1. The highest BCUT2D eigenvalue weighted by Crippen LogP contribution is 2.34. The largest absolute Gasteiger partial charge is 0.466 e. The van der Waals surface area contributed by atoms with Crippen LogP contribution in [0.25, 0.3) is 0 Å². The second-order valence-corrected chi connectivity index (χ2v) is 5.32. The number of amides is 2. The zero-order valence-corrected chi connectivity index (χ0v) is 13.8. The second-order valence-electron chi connectivity index (χ2n) is 5.32. The van der Waals surface area contributed by atoms with Gasteiger partial charge in [0, 0.05) is 12.6 Å². The quantitative estimate of drug-likeness (QED) is 0.795. The van der Waals surface area contributed by atoms with Crippen LogP contribution in [0.2, 0.25) is 0 Å². The van der Waals surface area contributed by atoms with E-state index in [4.69, 9.17) is 4.74 Å².